The van der Waals surface area contributed by atoms with E-state index in [9.17, 15) is 18.0 Å². The van der Waals surface area contributed by atoms with Crippen LogP contribution in [0.25, 0.3) is 11.3 Å². The number of rotatable bonds is 6. The Bertz CT molecular complexity index is 851. The summed E-state index contributed by atoms with van der Waals surface area (Å²) in [6.45, 7) is 2.22. The van der Waals surface area contributed by atoms with Gasteiger partial charge in [-0.1, -0.05) is 13.3 Å². The maximum atomic E-state index is 14.4. The molecule has 1 aliphatic carbocycles. The van der Waals surface area contributed by atoms with Gasteiger partial charge in [-0.2, -0.15) is 0 Å². The van der Waals surface area contributed by atoms with Crippen molar-refractivity contribution < 1.29 is 22.7 Å². The Balaban J connectivity index is 1.96. The molecule has 0 saturated heterocycles. The Labute approximate surface area is 167 Å². The Morgan fingerprint density at radius 3 is 2.69 bits per heavy atom. The van der Waals surface area contributed by atoms with Crippen molar-refractivity contribution in [1.29, 1.82) is 0 Å². The molecule has 0 aromatic carbocycles. The van der Waals surface area contributed by atoms with Crippen LogP contribution in [-0.4, -0.2) is 28.6 Å². The Hall–Kier alpha value is -2.64. The maximum absolute atomic E-state index is 14.4. The molecule has 1 saturated carbocycles. The Morgan fingerprint density at radius 1 is 1.24 bits per heavy atom. The molecule has 156 valence electrons. The second kappa shape index (κ2) is 9.24. The number of anilines is 1. The summed E-state index contributed by atoms with van der Waals surface area (Å²) in [5.41, 5.74) is 1.12. The van der Waals surface area contributed by atoms with Crippen molar-refractivity contribution in [3.63, 3.8) is 0 Å². The lowest BCUT2D eigenvalue weighted by molar-refractivity contribution is -0.0384. The first-order valence-electron chi connectivity index (χ1n) is 9.82. The van der Waals surface area contributed by atoms with Gasteiger partial charge in [0.05, 0.1) is 18.0 Å². The number of aromatic nitrogens is 2. The molecule has 0 radical (unpaired) electrons. The van der Waals surface area contributed by atoms with Crippen LogP contribution in [0.1, 0.15) is 57.1 Å². The average molecular weight is 407 g/mol. The first-order valence-corrected chi connectivity index (χ1v) is 9.82. The van der Waals surface area contributed by atoms with Gasteiger partial charge in [0.2, 0.25) is 5.92 Å². The number of carbonyl (C=O) groups excluding carboxylic acids is 1. The number of amides is 1. The van der Waals surface area contributed by atoms with Gasteiger partial charge in [-0.15, -0.1) is 0 Å². The maximum Gasteiger partial charge on any atom is 0.411 e. The molecular weight excluding hydrogens is 383 g/mol. The van der Waals surface area contributed by atoms with E-state index in [-0.39, 0.29) is 49.6 Å². The molecule has 0 atom stereocenters. The molecule has 2 heterocycles. The summed E-state index contributed by atoms with van der Waals surface area (Å²) in [6, 6.07) is 4.29. The molecule has 0 bridgehead atoms. The van der Waals surface area contributed by atoms with Crippen LogP contribution in [0.15, 0.2) is 30.6 Å². The molecule has 1 aliphatic rings. The van der Waals surface area contributed by atoms with Crippen LogP contribution in [0.4, 0.5) is 23.7 Å². The van der Waals surface area contributed by atoms with Crippen LogP contribution in [0.5, 0.6) is 0 Å². The molecule has 1 N–H and O–H groups in total. The molecule has 0 spiro atoms. The van der Waals surface area contributed by atoms with Gasteiger partial charge in [0, 0.05) is 36.7 Å². The second-order valence-corrected chi connectivity index (χ2v) is 7.20. The molecule has 3 rings (SSSR count). The van der Waals surface area contributed by atoms with Gasteiger partial charge >= 0.3 is 6.09 Å². The molecule has 1 fully saturated rings. The first-order chi connectivity index (χ1) is 13.9. The molecule has 8 heteroatoms. The lowest BCUT2D eigenvalue weighted by atomic mass is 9.83. The molecule has 0 aliphatic heterocycles. The van der Waals surface area contributed by atoms with E-state index >= 15 is 0 Å². The van der Waals surface area contributed by atoms with Gasteiger partial charge in [0.1, 0.15) is 11.5 Å². The van der Waals surface area contributed by atoms with Crippen LogP contribution in [0.3, 0.4) is 0 Å². The number of unbranched alkanes of at least 4 members (excludes halogenated alkanes) is 1. The quantitative estimate of drug-likeness (QED) is 0.604. The lowest BCUT2D eigenvalue weighted by Crippen LogP contribution is -2.25. The third kappa shape index (κ3) is 5.25. The Kier molecular flexibility index (Phi) is 6.71. The van der Waals surface area contributed by atoms with Crippen LogP contribution in [0.2, 0.25) is 0 Å². The number of halogens is 3. The van der Waals surface area contributed by atoms with Crippen molar-refractivity contribution in [2.45, 2.75) is 57.3 Å². The third-order valence-electron chi connectivity index (χ3n) is 5.06. The number of nitrogens with one attached hydrogen (secondary N) is 1. The van der Waals surface area contributed by atoms with E-state index in [4.69, 9.17) is 4.74 Å². The molecule has 1 amide bonds. The second-order valence-electron chi connectivity index (χ2n) is 7.20. The zero-order valence-electron chi connectivity index (χ0n) is 16.3. The lowest BCUT2D eigenvalue weighted by Gasteiger charge is -2.29. The zero-order valence-corrected chi connectivity index (χ0v) is 16.3. The summed E-state index contributed by atoms with van der Waals surface area (Å²) in [4.78, 5) is 20.7. The minimum atomic E-state index is -2.69. The summed E-state index contributed by atoms with van der Waals surface area (Å²) < 4.78 is 46.8. The van der Waals surface area contributed by atoms with Gasteiger partial charge < -0.3 is 4.74 Å². The van der Waals surface area contributed by atoms with E-state index in [1.807, 2.05) is 6.92 Å². The monoisotopic (exact) mass is 407 g/mol. The normalized spacial score (nSPS) is 16.4. The number of ether oxygens (including phenoxy) is 1. The number of carbonyl (C=O) groups is 1. The van der Waals surface area contributed by atoms with E-state index < -0.39 is 17.8 Å². The smallest absolute Gasteiger partial charge is 0.411 e. The predicted molar refractivity (Wildman–Crippen MR) is 103 cm³/mol. The van der Waals surface area contributed by atoms with Crippen molar-refractivity contribution in [2.24, 2.45) is 0 Å². The summed E-state index contributed by atoms with van der Waals surface area (Å²) in [6.07, 6.45) is 3.79. The highest BCUT2D eigenvalue weighted by Gasteiger charge is 2.37. The van der Waals surface area contributed by atoms with Gasteiger partial charge in [-0.3, -0.25) is 15.3 Å². The van der Waals surface area contributed by atoms with Crippen LogP contribution in [-0.2, 0) is 4.74 Å². The minimum Gasteiger partial charge on any atom is -0.449 e. The van der Waals surface area contributed by atoms with Crippen molar-refractivity contribution >= 4 is 11.8 Å². The number of nitrogens with zero attached hydrogens (tertiary/aromatic N) is 2. The number of hydrogen-bond donors (Lipinski definition) is 1. The van der Waals surface area contributed by atoms with Gasteiger partial charge in [0.25, 0.3) is 0 Å². The highest BCUT2D eigenvalue weighted by Crippen LogP contribution is 2.44. The minimum absolute atomic E-state index is 0.0566. The molecule has 29 heavy (non-hydrogen) atoms. The van der Waals surface area contributed by atoms with E-state index in [0.717, 1.165) is 6.42 Å². The molecule has 2 aromatic rings. The van der Waals surface area contributed by atoms with Crippen molar-refractivity contribution in [3.05, 3.63) is 42.1 Å². The fourth-order valence-corrected chi connectivity index (χ4v) is 3.46. The third-order valence-corrected chi connectivity index (χ3v) is 5.06. The molecule has 2 aromatic heterocycles. The van der Waals surface area contributed by atoms with Gasteiger partial charge in [-0.25, -0.2) is 18.0 Å². The predicted octanol–water partition coefficient (Wildman–Crippen LogP) is 5.92. The first kappa shape index (κ1) is 21.1. The number of alkyl halides is 2. The SMILES string of the molecule is CCCCOC(=O)Nc1c(-c2ncccc2F)ccnc1C1CCC(F)(F)CC1. The molecular formula is C21H24F3N3O2. The number of pyridine rings is 2. The van der Waals surface area contributed by atoms with Gasteiger partial charge in [0.15, 0.2) is 0 Å². The standard InChI is InChI=1S/C21H24F3N3O2/c1-2-3-13-29-20(28)27-19-15(18-16(22)5-4-11-25-18)8-12-26-17(19)14-6-9-21(23,24)10-7-14/h4-5,8,11-12,14H,2-3,6-7,9-10,13H2,1H3,(H,27,28). The topological polar surface area (TPSA) is 64.1 Å². The van der Waals surface area contributed by atoms with E-state index in [2.05, 4.69) is 15.3 Å². The molecule has 5 nitrogen and oxygen atoms in total. The fourth-order valence-electron chi connectivity index (χ4n) is 3.46. The summed E-state index contributed by atoms with van der Waals surface area (Å²) in [5, 5.41) is 2.66. The Morgan fingerprint density at radius 2 is 2.00 bits per heavy atom. The average Bonchev–Trinajstić information content (AvgIpc) is 2.69. The van der Waals surface area contributed by atoms with Crippen molar-refractivity contribution in [1.82, 2.24) is 9.97 Å². The summed E-state index contributed by atoms with van der Waals surface area (Å²) in [5.74, 6) is -3.51. The van der Waals surface area contributed by atoms with Crippen molar-refractivity contribution in [3.8, 4) is 11.3 Å². The van der Waals surface area contributed by atoms with Crippen LogP contribution < -0.4 is 5.32 Å². The van der Waals surface area contributed by atoms with Crippen LogP contribution >= 0.6 is 0 Å². The van der Waals surface area contributed by atoms with Crippen molar-refractivity contribution in [2.75, 3.05) is 11.9 Å². The zero-order chi connectivity index (χ0) is 20.9. The molecule has 0 unspecified atom stereocenters. The largest absolute Gasteiger partial charge is 0.449 e. The van der Waals surface area contributed by atoms with E-state index in [0.29, 0.717) is 17.7 Å². The van der Waals surface area contributed by atoms with Crippen LogP contribution in [0, 0.1) is 5.82 Å². The highest BCUT2D eigenvalue weighted by atomic mass is 19.3. The van der Waals surface area contributed by atoms with E-state index in [1.165, 1.54) is 24.5 Å². The highest BCUT2D eigenvalue weighted by molar-refractivity contribution is 5.92. The van der Waals surface area contributed by atoms with Gasteiger partial charge in [-0.05, 0) is 37.5 Å². The fraction of sp³-hybridized carbons (Fsp3) is 0.476. The van der Waals surface area contributed by atoms with E-state index in [1.54, 1.807) is 6.07 Å². The summed E-state index contributed by atoms with van der Waals surface area (Å²) >= 11 is 0. The number of hydrogen-bond acceptors (Lipinski definition) is 4. The summed E-state index contributed by atoms with van der Waals surface area (Å²) in [7, 11) is 0.